The van der Waals surface area contributed by atoms with Crippen LogP contribution in [0.25, 0.3) is 0 Å². The molecule has 1 aliphatic heterocycles. The van der Waals surface area contributed by atoms with E-state index in [0.717, 1.165) is 28.6 Å². The molecule has 2 heterocycles. The van der Waals surface area contributed by atoms with E-state index in [1.54, 1.807) is 24.0 Å². The zero-order chi connectivity index (χ0) is 15.4. The Labute approximate surface area is 133 Å². The third-order valence-corrected chi connectivity index (χ3v) is 4.48. The normalized spacial score (nSPS) is 14.0. The van der Waals surface area contributed by atoms with Gasteiger partial charge in [0.15, 0.2) is 5.75 Å². The smallest absolute Gasteiger partial charge is 0.223 e. The van der Waals surface area contributed by atoms with Crippen LogP contribution in [0.2, 0.25) is 0 Å². The van der Waals surface area contributed by atoms with Crippen LogP contribution in [-0.4, -0.2) is 21.9 Å². The zero-order valence-corrected chi connectivity index (χ0v) is 13.3. The van der Waals surface area contributed by atoms with Crippen LogP contribution in [0, 0.1) is 6.92 Å². The lowest BCUT2D eigenvalue weighted by molar-refractivity contribution is 0.300. The highest BCUT2D eigenvalue weighted by Crippen LogP contribution is 2.16. The van der Waals surface area contributed by atoms with Crippen LogP contribution in [0.4, 0.5) is 0 Å². The van der Waals surface area contributed by atoms with Crippen LogP contribution >= 0.6 is 11.8 Å². The second-order valence-corrected chi connectivity index (χ2v) is 6.34. The topological polar surface area (TPSA) is 43.6 Å². The summed E-state index contributed by atoms with van der Waals surface area (Å²) in [7, 11) is 0. The Hall–Kier alpha value is -2.01. The number of pyridine rings is 1. The first kappa shape index (κ1) is 14.9. The number of rotatable bonds is 5. The Bertz CT molecular complexity index is 738. The molecular formula is C17H18N2O2S. The average Bonchev–Trinajstić information content (AvgIpc) is 3.03. The van der Waals surface area contributed by atoms with Crippen molar-refractivity contribution in [1.29, 1.82) is 0 Å². The van der Waals surface area contributed by atoms with E-state index in [1.807, 2.05) is 41.8 Å². The van der Waals surface area contributed by atoms with Gasteiger partial charge in [-0.3, -0.25) is 9.79 Å². The Kier molecular flexibility index (Phi) is 4.63. The maximum Gasteiger partial charge on any atom is 0.223 e. The fourth-order valence-electron chi connectivity index (χ4n) is 2.29. The highest BCUT2D eigenvalue weighted by Gasteiger charge is 2.11. The molecule has 0 radical (unpaired) electrons. The molecule has 0 N–H and O–H groups in total. The molecule has 22 heavy (non-hydrogen) atoms. The predicted molar refractivity (Wildman–Crippen MR) is 91.0 cm³/mol. The fraction of sp³-hybridized carbons (Fsp3) is 0.294. The van der Waals surface area contributed by atoms with Gasteiger partial charge in [0.2, 0.25) is 5.43 Å². The largest absolute Gasteiger partial charge is 0.483 e. The number of hydrogen-bond donors (Lipinski definition) is 0. The van der Waals surface area contributed by atoms with Crippen molar-refractivity contribution in [2.75, 3.05) is 12.3 Å². The maximum atomic E-state index is 12.1. The van der Waals surface area contributed by atoms with Gasteiger partial charge in [0.25, 0.3) is 0 Å². The summed E-state index contributed by atoms with van der Waals surface area (Å²) in [5.41, 5.74) is 1.89. The van der Waals surface area contributed by atoms with E-state index in [4.69, 9.17) is 4.74 Å². The number of thioether (sulfide) groups is 1. The molecule has 0 saturated carbocycles. The second-order valence-electron chi connectivity index (χ2n) is 5.17. The summed E-state index contributed by atoms with van der Waals surface area (Å²) in [5, 5.41) is 1.11. The third kappa shape index (κ3) is 3.60. The van der Waals surface area contributed by atoms with Crippen molar-refractivity contribution in [2.24, 2.45) is 4.99 Å². The molecule has 0 aliphatic carbocycles. The first-order chi connectivity index (χ1) is 10.7. The molecular weight excluding hydrogens is 296 g/mol. The SMILES string of the molecule is Cc1cc(=O)c(OCc2ccccc2)cn1CC1=NCCS1. The molecule has 0 atom stereocenters. The van der Waals surface area contributed by atoms with Gasteiger partial charge in [-0.25, -0.2) is 0 Å². The molecule has 1 aliphatic rings. The Morgan fingerprint density at radius 1 is 1.32 bits per heavy atom. The van der Waals surface area contributed by atoms with Crippen molar-refractivity contribution in [3.05, 3.63) is 64.1 Å². The molecule has 114 valence electrons. The van der Waals surface area contributed by atoms with Gasteiger partial charge in [0, 0.05) is 24.1 Å². The van der Waals surface area contributed by atoms with Crippen molar-refractivity contribution in [1.82, 2.24) is 4.57 Å². The first-order valence-electron chi connectivity index (χ1n) is 7.26. The van der Waals surface area contributed by atoms with E-state index >= 15 is 0 Å². The maximum absolute atomic E-state index is 12.1. The van der Waals surface area contributed by atoms with Gasteiger partial charge in [-0.2, -0.15) is 0 Å². The summed E-state index contributed by atoms with van der Waals surface area (Å²) in [6.07, 6.45) is 1.79. The quantitative estimate of drug-likeness (QED) is 0.852. The van der Waals surface area contributed by atoms with Crippen molar-refractivity contribution < 1.29 is 4.74 Å². The Balaban J connectivity index is 1.77. The van der Waals surface area contributed by atoms with Crippen molar-refractivity contribution >= 4 is 16.8 Å². The second kappa shape index (κ2) is 6.83. The molecule has 1 aromatic carbocycles. The number of aromatic nitrogens is 1. The van der Waals surface area contributed by atoms with Gasteiger partial charge in [-0.15, -0.1) is 11.8 Å². The number of nitrogens with zero attached hydrogens (tertiary/aromatic N) is 2. The van der Waals surface area contributed by atoms with Crippen LogP contribution in [0.1, 0.15) is 11.3 Å². The molecule has 4 nitrogen and oxygen atoms in total. The molecule has 2 aromatic rings. The van der Waals surface area contributed by atoms with Crippen LogP contribution in [0.15, 0.2) is 52.4 Å². The van der Waals surface area contributed by atoms with Gasteiger partial charge < -0.3 is 9.30 Å². The lowest BCUT2D eigenvalue weighted by Crippen LogP contribution is -2.16. The van der Waals surface area contributed by atoms with Gasteiger partial charge in [-0.05, 0) is 12.5 Å². The van der Waals surface area contributed by atoms with Crippen LogP contribution < -0.4 is 10.2 Å². The van der Waals surface area contributed by atoms with E-state index < -0.39 is 0 Å². The average molecular weight is 314 g/mol. The number of hydrogen-bond acceptors (Lipinski definition) is 4. The summed E-state index contributed by atoms with van der Waals surface area (Å²) in [5.74, 6) is 1.43. The van der Waals surface area contributed by atoms with Gasteiger partial charge >= 0.3 is 0 Å². The van der Waals surface area contributed by atoms with E-state index in [-0.39, 0.29) is 5.43 Å². The van der Waals surface area contributed by atoms with Crippen LogP contribution in [0.5, 0.6) is 5.75 Å². The lowest BCUT2D eigenvalue weighted by atomic mass is 10.2. The highest BCUT2D eigenvalue weighted by atomic mass is 32.2. The fourth-order valence-corrected chi connectivity index (χ4v) is 3.12. The summed E-state index contributed by atoms with van der Waals surface area (Å²) < 4.78 is 7.73. The summed E-state index contributed by atoms with van der Waals surface area (Å²) >= 11 is 1.78. The molecule has 0 amide bonds. The zero-order valence-electron chi connectivity index (χ0n) is 12.5. The molecule has 0 spiro atoms. The van der Waals surface area contributed by atoms with Crippen molar-refractivity contribution in [3.8, 4) is 5.75 Å². The molecule has 0 bridgehead atoms. The minimum absolute atomic E-state index is 0.0781. The first-order valence-corrected chi connectivity index (χ1v) is 8.25. The molecule has 0 saturated heterocycles. The summed E-state index contributed by atoms with van der Waals surface area (Å²) in [4.78, 5) is 16.5. The van der Waals surface area contributed by atoms with Crippen molar-refractivity contribution in [3.63, 3.8) is 0 Å². The molecule has 1 aromatic heterocycles. The molecule has 5 heteroatoms. The van der Waals surface area contributed by atoms with E-state index in [2.05, 4.69) is 4.99 Å². The van der Waals surface area contributed by atoms with E-state index in [9.17, 15) is 4.79 Å². The third-order valence-electron chi connectivity index (χ3n) is 3.50. The minimum Gasteiger partial charge on any atom is -0.483 e. The predicted octanol–water partition coefficient (Wildman–Crippen LogP) is 2.88. The van der Waals surface area contributed by atoms with Gasteiger partial charge in [-0.1, -0.05) is 30.3 Å². The van der Waals surface area contributed by atoms with Gasteiger partial charge in [0.05, 0.1) is 17.8 Å². The Morgan fingerprint density at radius 2 is 2.14 bits per heavy atom. The van der Waals surface area contributed by atoms with Gasteiger partial charge in [0.1, 0.15) is 6.61 Å². The monoisotopic (exact) mass is 314 g/mol. The molecule has 0 fully saturated rings. The standard InChI is InChI=1S/C17H18N2O2S/c1-13-9-15(20)16(21-12-14-5-3-2-4-6-14)10-19(13)11-17-18-7-8-22-17/h2-6,9-10H,7-8,11-12H2,1H3. The summed E-state index contributed by atoms with van der Waals surface area (Å²) in [6.45, 7) is 3.92. The Morgan fingerprint density at radius 3 is 2.86 bits per heavy atom. The lowest BCUT2D eigenvalue weighted by Gasteiger charge is -2.13. The van der Waals surface area contributed by atoms with Crippen molar-refractivity contribution in [2.45, 2.75) is 20.1 Å². The minimum atomic E-state index is -0.0781. The number of aryl methyl sites for hydroxylation is 1. The molecule has 0 unspecified atom stereocenters. The molecule has 3 rings (SSSR count). The number of benzene rings is 1. The highest BCUT2D eigenvalue weighted by molar-refractivity contribution is 8.14. The van der Waals surface area contributed by atoms with E-state index in [0.29, 0.717) is 18.9 Å². The van der Waals surface area contributed by atoms with Crippen LogP contribution in [0.3, 0.4) is 0 Å². The number of ether oxygens (including phenoxy) is 1. The number of aliphatic imine (C=N–C) groups is 1. The summed E-state index contributed by atoms with van der Waals surface area (Å²) in [6, 6.07) is 11.5. The van der Waals surface area contributed by atoms with E-state index in [1.165, 1.54) is 0 Å². The van der Waals surface area contributed by atoms with Crippen LogP contribution in [-0.2, 0) is 13.2 Å².